The van der Waals surface area contributed by atoms with Crippen molar-refractivity contribution in [1.29, 1.82) is 0 Å². The lowest BCUT2D eigenvalue weighted by molar-refractivity contribution is 0.0636. The summed E-state index contributed by atoms with van der Waals surface area (Å²) in [5, 5.41) is 0. The monoisotopic (exact) mass is 266 g/mol. The van der Waals surface area contributed by atoms with Gasteiger partial charge in [-0.1, -0.05) is 0 Å². The van der Waals surface area contributed by atoms with E-state index in [4.69, 9.17) is 0 Å². The van der Waals surface area contributed by atoms with E-state index in [9.17, 15) is 9.59 Å². The van der Waals surface area contributed by atoms with Gasteiger partial charge in [-0.2, -0.15) is 0 Å². The number of likely N-dealkylation sites (tertiary alicyclic amines) is 1. The van der Waals surface area contributed by atoms with Crippen molar-refractivity contribution in [1.82, 2.24) is 19.8 Å². The molecular weight excluding hydrogens is 244 g/mol. The number of imidazole rings is 1. The molecule has 1 unspecified atom stereocenters. The number of nitrogens with one attached hydrogen (secondary N) is 2. The van der Waals surface area contributed by atoms with Gasteiger partial charge in [0.2, 0.25) is 0 Å². The Labute approximate surface area is 112 Å². The third kappa shape index (κ3) is 3.07. The highest BCUT2D eigenvalue weighted by molar-refractivity contribution is 5.92. The number of aromatic nitrogens is 2. The molecule has 0 bridgehead atoms. The summed E-state index contributed by atoms with van der Waals surface area (Å²) in [6, 6.07) is 0.532. The van der Waals surface area contributed by atoms with Gasteiger partial charge in [-0.15, -0.1) is 0 Å². The molecule has 0 spiro atoms. The van der Waals surface area contributed by atoms with Crippen molar-refractivity contribution in [2.45, 2.75) is 25.8 Å². The fourth-order valence-electron chi connectivity index (χ4n) is 2.62. The van der Waals surface area contributed by atoms with Gasteiger partial charge in [-0.3, -0.25) is 4.79 Å². The normalized spacial score (nSPS) is 18.8. The molecular formula is C13H22N4O2. The standard InChI is InChI=1S/C13H22N4O2/c1-9(16(2)3)10-4-6-17(7-5-10)12(18)11-8-14-13(19)15-11/h8-10H,4-7H2,1-3H3,(H2,14,15,19). The summed E-state index contributed by atoms with van der Waals surface area (Å²) >= 11 is 0. The number of H-pyrrole nitrogens is 2. The number of nitrogens with zero attached hydrogens (tertiary/aromatic N) is 2. The molecule has 1 aliphatic heterocycles. The van der Waals surface area contributed by atoms with Crippen LogP contribution in [0.25, 0.3) is 0 Å². The summed E-state index contributed by atoms with van der Waals surface area (Å²) in [4.78, 5) is 32.2. The second kappa shape index (κ2) is 5.61. The van der Waals surface area contributed by atoms with Crippen LogP contribution in [0.4, 0.5) is 0 Å². The highest BCUT2D eigenvalue weighted by atomic mass is 16.2. The van der Waals surface area contributed by atoms with Crippen molar-refractivity contribution in [3.8, 4) is 0 Å². The number of aromatic amines is 2. The molecule has 6 nitrogen and oxygen atoms in total. The van der Waals surface area contributed by atoms with Crippen LogP contribution in [-0.4, -0.2) is 58.9 Å². The van der Waals surface area contributed by atoms with Gasteiger partial charge < -0.3 is 19.8 Å². The van der Waals surface area contributed by atoms with Crippen LogP contribution >= 0.6 is 0 Å². The minimum Gasteiger partial charge on any atom is -0.337 e. The number of hydrogen-bond acceptors (Lipinski definition) is 3. The Hall–Kier alpha value is -1.56. The Kier molecular flexibility index (Phi) is 4.09. The van der Waals surface area contributed by atoms with E-state index in [0.29, 0.717) is 17.7 Å². The first-order valence-corrected chi connectivity index (χ1v) is 6.72. The van der Waals surface area contributed by atoms with Crippen LogP contribution in [0, 0.1) is 5.92 Å². The summed E-state index contributed by atoms with van der Waals surface area (Å²) < 4.78 is 0. The molecule has 2 heterocycles. The molecule has 0 radical (unpaired) electrons. The average Bonchev–Trinajstić information content (AvgIpc) is 2.84. The minimum atomic E-state index is -0.334. The second-order valence-electron chi connectivity index (χ2n) is 5.49. The van der Waals surface area contributed by atoms with E-state index in [-0.39, 0.29) is 11.6 Å². The summed E-state index contributed by atoms with van der Waals surface area (Å²) in [6.45, 7) is 3.75. The topological polar surface area (TPSA) is 72.2 Å². The van der Waals surface area contributed by atoms with Crippen LogP contribution in [0.2, 0.25) is 0 Å². The van der Waals surface area contributed by atoms with Gasteiger partial charge in [0.1, 0.15) is 5.69 Å². The third-order valence-electron chi connectivity index (χ3n) is 4.15. The lowest BCUT2D eigenvalue weighted by atomic mass is 9.89. The molecule has 1 aliphatic rings. The van der Waals surface area contributed by atoms with E-state index in [1.165, 1.54) is 6.20 Å². The van der Waals surface area contributed by atoms with Gasteiger partial charge in [-0.25, -0.2) is 4.79 Å². The first-order chi connectivity index (χ1) is 8.99. The largest absolute Gasteiger partial charge is 0.337 e. The smallest absolute Gasteiger partial charge is 0.323 e. The van der Waals surface area contributed by atoms with E-state index >= 15 is 0 Å². The summed E-state index contributed by atoms with van der Waals surface area (Å²) in [7, 11) is 4.18. The number of piperidine rings is 1. The predicted molar refractivity (Wildman–Crippen MR) is 73.2 cm³/mol. The van der Waals surface area contributed by atoms with Crippen molar-refractivity contribution in [3.05, 3.63) is 22.4 Å². The van der Waals surface area contributed by atoms with Crippen LogP contribution in [0.15, 0.2) is 11.0 Å². The molecule has 6 heteroatoms. The zero-order valence-corrected chi connectivity index (χ0v) is 11.8. The zero-order valence-electron chi connectivity index (χ0n) is 11.8. The second-order valence-corrected chi connectivity index (χ2v) is 5.49. The first kappa shape index (κ1) is 13.9. The maximum atomic E-state index is 12.1. The fraction of sp³-hybridized carbons (Fsp3) is 0.692. The van der Waals surface area contributed by atoms with Crippen molar-refractivity contribution in [3.63, 3.8) is 0 Å². The molecule has 1 atom stereocenters. The van der Waals surface area contributed by atoms with Crippen molar-refractivity contribution in [2.75, 3.05) is 27.2 Å². The van der Waals surface area contributed by atoms with E-state index in [1.54, 1.807) is 0 Å². The molecule has 0 aliphatic carbocycles. The van der Waals surface area contributed by atoms with Crippen molar-refractivity contribution in [2.24, 2.45) is 5.92 Å². The molecule has 0 saturated carbocycles. The van der Waals surface area contributed by atoms with Gasteiger partial charge in [0.25, 0.3) is 5.91 Å². The lowest BCUT2D eigenvalue weighted by Crippen LogP contribution is -2.43. The van der Waals surface area contributed by atoms with E-state index in [1.807, 2.05) is 4.90 Å². The highest BCUT2D eigenvalue weighted by Crippen LogP contribution is 2.23. The Balaban J connectivity index is 1.93. The minimum absolute atomic E-state index is 0.0886. The summed E-state index contributed by atoms with van der Waals surface area (Å²) in [5.41, 5.74) is 0.0172. The Bertz CT molecular complexity index is 483. The van der Waals surface area contributed by atoms with Gasteiger partial charge >= 0.3 is 5.69 Å². The molecule has 1 saturated heterocycles. The van der Waals surface area contributed by atoms with Crippen molar-refractivity contribution >= 4 is 5.91 Å². The Morgan fingerprint density at radius 3 is 2.53 bits per heavy atom. The van der Waals surface area contributed by atoms with E-state index < -0.39 is 0 Å². The Morgan fingerprint density at radius 1 is 1.42 bits per heavy atom. The molecule has 0 aromatic carbocycles. The molecule has 1 amide bonds. The maximum Gasteiger partial charge on any atom is 0.323 e. The van der Waals surface area contributed by atoms with Gasteiger partial charge in [0.05, 0.1) is 0 Å². The van der Waals surface area contributed by atoms with Crippen LogP contribution in [0.3, 0.4) is 0 Å². The number of carbonyl (C=O) groups is 1. The van der Waals surface area contributed by atoms with E-state index in [0.717, 1.165) is 25.9 Å². The SMILES string of the molecule is CC(C1CCN(C(=O)c2c[nH]c(=O)[nH]2)CC1)N(C)C. The molecule has 1 fully saturated rings. The van der Waals surface area contributed by atoms with Gasteiger partial charge in [0, 0.05) is 25.3 Å². The third-order valence-corrected chi connectivity index (χ3v) is 4.15. The predicted octanol–water partition coefficient (Wildman–Crippen LogP) is 0.505. The highest BCUT2D eigenvalue weighted by Gasteiger charge is 2.28. The summed E-state index contributed by atoms with van der Waals surface area (Å²) in [6.07, 6.45) is 3.47. The number of amides is 1. The first-order valence-electron chi connectivity index (χ1n) is 6.72. The molecule has 2 N–H and O–H groups in total. The molecule has 106 valence electrons. The molecule has 1 aromatic rings. The van der Waals surface area contributed by atoms with Crippen molar-refractivity contribution < 1.29 is 4.79 Å². The number of hydrogen-bond donors (Lipinski definition) is 2. The quantitative estimate of drug-likeness (QED) is 0.837. The van der Waals surface area contributed by atoms with Gasteiger partial charge in [-0.05, 0) is 39.8 Å². The summed E-state index contributed by atoms with van der Waals surface area (Å²) in [5.74, 6) is 0.540. The molecule has 1 aromatic heterocycles. The average molecular weight is 266 g/mol. The number of rotatable bonds is 3. The van der Waals surface area contributed by atoms with E-state index in [2.05, 4.69) is 35.9 Å². The Morgan fingerprint density at radius 2 is 2.05 bits per heavy atom. The lowest BCUT2D eigenvalue weighted by Gasteiger charge is -2.37. The van der Waals surface area contributed by atoms with Crippen LogP contribution < -0.4 is 5.69 Å². The zero-order chi connectivity index (χ0) is 14.0. The van der Waals surface area contributed by atoms with Crippen LogP contribution in [0.5, 0.6) is 0 Å². The fourth-order valence-corrected chi connectivity index (χ4v) is 2.62. The molecule has 2 rings (SSSR count). The molecule has 19 heavy (non-hydrogen) atoms. The van der Waals surface area contributed by atoms with Crippen LogP contribution in [-0.2, 0) is 0 Å². The van der Waals surface area contributed by atoms with Crippen LogP contribution in [0.1, 0.15) is 30.3 Å². The number of carbonyl (C=O) groups excluding carboxylic acids is 1. The van der Waals surface area contributed by atoms with Gasteiger partial charge in [0.15, 0.2) is 0 Å². The maximum absolute atomic E-state index is 12.1.